The molecule has 25 heavy (non-hydrogen) atoms. The maximum Gasteiger partial charge on any atom is 0.256 e. The van der Waals surface area contributed by atoms with E-state index in [0.717, 1.165) is 5.56 Å². The van der Waals surface area contributed by atoms with Gasteiger partial charge in [0.2, 0.25) is 0 Å². The summed E-state index contributed by atoms with van der Waals surface area (Å²) in [5.41, 5.74) is 10.2. The molecule has 3 rings (SSSR count). The highest BCUT2D eigenvalue weighted by Gasteiger charge is 2.23. The summed E-state index contributed by atoms with van der Waals surface area (Å²) in [5, 5.41) is 4.34. The summed E-state index contributed by atoms with van der Waals surface area (Å²) in [7, 11) is 1.71. The van der Waals surface area contributed by atoms with Gasteiger partial charge in [0.05, 0.1) is 17.1 Å². The minimum absolute atomic E-state index is 0.176. The van der Waals surface area contributed by atoms with Crippen molar-refractivity contribution < 1.29 is 4.79 Å². The van der Waals surface area contributed by atoms with E-state index in [4.69, 9.17) is 11.6 Å². The van der Waals surface area contributed by atoms with Crippen molar-refractivity contribution >= 4 is 23.0 Å². The molecule has 1 heterocycles. The fourth-order valence-electron chi connectivity index (χ4n) is 2.56. The fourth-order valence-corrected chi connectivity index (χ4v) is 2.56. The Bertz CT molecular complexity index is 751. The van der Waals surface area contributed by atoms with Crippen LogP contribution in [0.15, 0.2) is 48.5 Å². The summed E-state index contributed by atoms with van der Waals surface area (Å²) < 4.78 is 0. The molecular formula is C20H28N4O. The number of nitrogens with two attached hydrogens (primary N) is 2. The normalized spacial score (nSPS) is 14.9. The SMILES string of the molecule is CC.CC.CN(N)/C1=C(\N)c2ccccc2NC(=O)c2ccccc21. The maximum absolute atomic E-state index is 12.5. The molecule has 0 saturated carbocycles. The first-order chi connectivity index (χ1) is 12.1. The van der Waals surface area contributed by atoms with E-state index in [2.05, 4.69) is 5.32 Å². The molecule has 134 valence electrons. The van der Waals surface area contributed by atoms with E-state index >= 15 is 0 Å². The standard InChI is InChI=1S/C16H16N4O.2C2H6/c1-20(18)15-10-6-2-3-7-11(10)16(21)19-13-9-5-4-8-12(13)14(15)17;2*1-2/h2-9H,17-18H2,1H3,(H,19,21);2*1-2H3. The van der Waals surface area contributed by atoms with Crippen LogP contribution in [0.4, 0.5) is 5.69 Å². The third-order valence-corrected chi connectivity index (χ3v) is 3.50. The van der Waals surface area contributed by atoms with Crippen molar-refractivity contribution in [1.29, 1.82) is 0 Å². The molecule has 0 aliphatic carbocycles. The Morgan fingerprint density at radius 3 is 1.88 bits per heavy atom. The minimum atomic E-state index is -0.176. The Hall–Kier alpha value is -2.79. The molecule has 0 aromatic heterocycles. The topological polar surface area (TPSA) is 84.4 Å². The van der Waals surface area contributed by atoms with Crippen LogP contribution < -0.4 is 16.9 Å². The van der Waals surface area contributed by atoms with Crippen LogP contribution in [-0.2, 0) is 0 Å². The number of rotatable bonds is 1. The Balaban J connectivity index is 0.000000730. The summed E-state index contributed by atoms with van der Waals surface area (Å²) in [6.45, 7) is 8.00. The van der Waals surface area contributed by atoms with Gasteiger partial charge in [-0.3, -0.25) is 4.79 Å². The van der Waals surface area contributed by atoms with E-state index in [9.17, 15) is 4.79 Å². The number of hydrogen-bond donors (Lipinski definition) is 3. The third kappa shape index (κ3) is 4.19. The van der Waals surface area contributed by atoms with Crippen LogP contribution in [0.25, 0.3) is 11.4 Å². The number of anilines is 1. The first-order valence-electron chi connectivity index (χ1n) is 8.58. The number of carbonyl (C=O) groups excluding carboxylic acids is 1. The number of benzene rings is 2. The molecule has 2 aromatic carbocycles. The summed E-state index contributed by atoms with van der Waals surface area (Å²) in [6, 6.07) is 14.7. The predicted molar refractivity (Wildman–Crippen MR) is 106 cm³/mol. The summed E-state index contributed by atoms with van der Waals surface area (Å²) in [5.74, 6) is 5.78. The second kappa shape index (κ2) is 9.49. The van der Waals surface area contributed by atoms with Crippen LogP contribution in [-0.4, -0.2) is 18.0 Å². The number of amides is 1. The van der Waals surface area contributed by atoms with E-state index in [1.807, 2.05) is 70.2 Å². The highest BCUT2D eigenvalue weighted by molar-refractivity contribution is 6.12. The molecule has 1 aliphatic heterocycles. The maximum atomic E-state index is 12.5. The number of hydrazine groups is 1. The van der Waals surface area contributed by atoms with Crippen LogP contribution in [0, 0.1) is 0 Å². The van der Waals surface area contributed by atoms with Crippen molar-refractivity contribution in [3.05, 3.63) is 65.2 Å². The zero-order valence-corrected chi connectivity index (χ0v) is 15.6. The van der Waals surface area contributed by atoms with Gasteiger partial charge in [-0.05, 0) is 12.1 Å². The summed E-state index contributed by atoms with van der Waals surface area (Å²) in [6.07, 6.45) is 0. The van der Waals surface area contributed by atoms with Gasteiger partial charge in [-0.15, -0.1) is 0 Å². The molecule has 0 saturated heterocycles. The Kier molecular flexibility index (Phi) is 7.69. The van der Waals surface area contributed by atoms with E-state index < -0.39 is 0 Å². The van der Waals surface area contributed by atoms with Crippen LogP contribution in [0.2, 0.25) is 0 Å². The molecule has 1 amide bonds. The monoisotopic (exact) mass is 340 g/mol. The van der Waals surface area contributed by atoms with Gasteiger partial charge in [0.1, 0.15) is 0 Å². The first kappa shape index (κ1) is 20.3. The van der Waals surface area contributed by atoms with Crippen LogP contribution in [0.3, 0.4) is 0 Å². The average Bonchev–Trinajstić information content (AvgIpc) is 2.65. The lowest BCUT2D eigenvalue weighted by molar-refractivity contribution is 0.102. The van der Waals surface area contributed by atoms with Crippen molar-refractivity contribution in [1.82, 2.24) is 5.01 Å². The first-order valence-corrected chi connectivity index (χ1v) is 8.58. The quantitative estimate of drug-likeness (QED) is 0.543. The minimum Gasteiger partial charge on any atom is -0.396 e. The largest absolute Gasteiger partial charge is 0.396 e. The smallest absolute Gasteiger partial charge is 0.256 e. The molecule has 1 aliphatic rings. The van der Waals surface area contributed by atoms with Gasteiger partial charge >= 0.3 is 0 Å². The van der Waals surface area contributed by atoms with Crippen molar-refractivity contribution in [2.75, 3.05) is 12.4 Å². The molecule has 0 radical (unpaired) electrons. The van der Waals surface area contributed by atoms with Crippen molar-refractivity contribution in [2.24, 2.45) is 11.6 Å². The Labute approximate surface area is 150 Å². The van der Waals surface area contributed by atoms with Crippen molar-refractivity contribution in [3.63, 3.8) is 0 Å². The van der Waals surface area contributed by atoms with E-state index in [0.29, 0.717) is 28.2 Å². The molecule has 0 unspecified atom stereocenters. The number of nitrogens with one attached hydrogen (secondary N) is 1. The van der Waals surface area contributed by atoms with Gasteiger partial charge < -0.3 is 16.1 Å². The molecular weight excluding hydrogens is 312 g/mol. The second-order valence-electron chi connectivity index (χ2n) is 4.92. The third-order valence-electron chi connectivity index (χ3n) is 3.50. The highest BCUT2D eigenvalue weighted by Crippen LogP contribution is 2.32. The summed E-state index contributed by atoms with van der Waals surface area (Å²) >= 11 is 0. The molecule has 2 aromatic rings. The van der Waals surface area contributed by atoms with Crippen LogP contribution in [0.5, 0.6) is 0 Å². The molecule has 0 atom stereocenters. The lowest BCUT2D eigenvalue weighted by atomic mass is 9.96. The Morgan fingerprint density at radius 2 is 1.32 bits per heavy atom. The van der Waals surface area contributed by atoms with Crippen LogP contribution >= 0.6 is 0 Å². The molecule has 0 bridgehead atoms. The lowest BCUT2D eigenvalue weighted by Gasteiger charge is -2.25. The average molecular weight is 340 g/mol. The zero-order chi connectivity index (χ0) is 19.0. The van der Waals surface area contributed by atoms with Gasteiger partial charge in [0, 0.05) is 23.7 Å². The van der Waals surface area contributed by atoms with E-state index in [-0.39, 0.29) is 5.91 Å². The summed E-state index contributed by atoms with van der Waals surface area (Å²) in [4.78, 5) is 12.5. The molecule has 5 heteroatoms. The molecule has 0 spiro atoms. The number of hydrogen-bond acceptors (Lipinski definition) is 4. The molecule has 0 fully saturated rings. The zero-order valence-electron chi connectivity index (χ0n) is 15.6. The molecule has 5 nitrogen and oxygen atoms in total. The van der Waals surface area contributed by atoms with Gasteiger partial charge in [-0.1, -0.05) is 64.1 Å². The second-order valence-corrected chi connectivity index (χ2v) is 4.92. The number of carbonyl (C=O) groups is 1. The number of nitrogens with zero attached hydrogens (tertiary/aromatic N) is 1. The van der Waals surface area contributed by atoms with E-state index in [1.54, 1.807) is 13.1 Å². The van der Waals surface area contributed by atoms with Gasteiger partial charge in [-0.25, -0.2) is 5.84 Å². The van der Waals surface area contributed by atoms with Crippen molar-refractivity contribution in [2.45, 2.75) is 27.7 Å². The highest BCUT2D eigenvalue weighted by atomic mass is 16.1. The van der Waals surface area contributed by atoms with Crippen LogP contribution in [0.1, 0.15) is 49.2 Å². The Morgan fingerprint density at radius 1 is 0.840 bits per heavy atom. The lowest BCUT2D eigenvalue weighted by Crippen LogP contribution is -2.29. The predicted octanol–water partition coefficient (Wildman–Crippen LogP) is 3.89. The van der Waals surface area contributed by atoms with Crippen molar-refractivity contribution in [3.8, 4) is 0 Å². The van der Waals surface area contributed by atoms with E-state index in [1.165, 1.54) is 5.01 Å². The van der Waals surface area contributed by atoms with Gasteiger partial charge in [-0.2, -0.15) is 0 Å². The molecule has 5 N–H and O–H groups in total. The number of fused-ring (bicyclic) bond motifs is 2. The van der Waals surface area contributed by atoms with Gasteiger partial charge in [0.25, 0.3) is 5.91 Å². The fraction of sp³-hybridized carbons (Fsp3) is 0.250. The van der Waals surface area contributed by atoms with Gasteiger partial charge in [0.15, 0.2) is 0 Å². The number of para-hydroxylation sites is 1.